The average molecular weight is 354 g/mol. The highest BCUT2D eigenvalue weighted by atomic mass is 79.9. The summed E-state index contributed by atoms with van der Waals surface area (Å²) in [6.45, 7) is 0. The van der Waals surface area contributed by atoms with Gasteiger partial charge in [0, 0.05) is 10.0 Å². The molecule has 2 rings (SSSR count). The lowest BCUT2D eigenvalue weighted by Gasteiger charge is -2.08. The van der Waals surface area contributed by atoms with Crippen LogP contribution >= 0.6 is 27.5 Å². The van der Waals surface area contributed by atoms with E-state index in [9.17, 15) is 9.18 Å². The maximum Gasteiger partial charge on any atom is 0.255 e. The topological polar surface area (TPSA) is 52.9 Å². The maximum atomic E-state index is 13.0. The third kappa shape index (κ3) is 3.16. The summed E-state index contributed by atoms with van der Waals surface area (Å²) < 4.78 is 13.6. The summed E-state index contributed by atoms with van der Waals surface area (Å²) in [5.74, 6) is -1.000. The number of anilines is 1. The first kappa shape index (κ1) is 14.5. The summed E-state index contributed by atoms with van der Waals surface area (Å²) in [5, 5.41) is 11.3. The molecule has 0 spiro atoms. The zero-order valence-corrected chi connectivity index (χ0v) is 12.3. The van der Waals surface area contributed by atoms with Crippen LogP contribution in [0.4, 0.5) is 10.1 Å². The van der Waals surface area contributed by atoms with Crippen LogP contribution in [0.2, 0.25) is 5.02 Å². The van der Waals surface area contributed by atoms with Crippen LogP contribution in [0.25, 0.3) is 0 Å². The normalized spacial score (nSPS) is 9.90. The van der Waals surface area contributed by atoms with Gasteiger partial charge in [-0.25, -0.2) is 4.39 Å². The van der Waals surface area contributed by atoms with E-state index in [1.807, 2.05) is 6.07 Å². The van der Waals surface area contributed by atoms with Crippen LogP contribution in [0.1, 0.15) is 15.9 Å². The number of hydrogen-bond acceptors (Lipinski definition) is 2. The summed E-state index contributed by atoms with van der Waals surface area (Å²) in [4.78, 5) is 12.0. The van der Waals surface area contributed by atoms with Crippen LogP contribution in [-0.2, 0) is 0 Å². The van der Waals surface area contributed by atoms with Crippen LogP contribution in [-0.4, -0.2) is 5.91 Å². The number of nitrogens with one attached hydrogen (secondary N) is 1. The van der Waals surface area contributed by atoms with Crippen molar-refractivity contribution in [2.45, 2.75) is 0 Å². The number of carbonyl (C=O) groups excluding carboxylic acids is 1. The minimum atomic E-state index is -0.581. The molecule has 0 aromatic heterocycles. The molecule has 0 fully saturated rings. The summed E-state index contributed by atoms with van der Waals surface area (Å²) in [6.07, 6.45) is 0. The third-order valence-corrected chi connectivity index (χ3v) is 3.47. The van der Waals surface area contributed by atoms with Gasteiger partial charge in [0.25, 0.3) is 5.91 Å². The summed E-state index contributed by atoms with van der Waals surface area (Å²) in [7, 11) is 0. The Morgan fingerprint density at radius 2 is 2.05 bits per heavy atom. The van der Waals surface area contributed by atoms with E-state index in [1.54, 1.807) is 18.2 Å². The first-order valence-electron chi connectivity index (χ1n) is 5.47. The molecule has 1 N–H and O–H groups in total. The third-order valence-electron chi connectivity index (χ3n) is 2.53. The molecule has 0 unspecified atom stereocenters. The molecule has 0 radical (unpaired) electrons. The first-order valence-corrected chi connectivity index (χ1v) is 6.64. The fraction of sp³-hybridized carbons (Fsp3) is 0. The minimum Gasteiger partial charge on any atom is -0.321 e. The van der Waals surface area contributed by atoms with Crippen LogP contribution in [0, 0.1) is 17.1 Å². The molecule has 0 heterocycles. The highest BCUT2D eigenvalue weighted by Gasteiger charge is 2.11. The Kier molecular flexibility index (Phi) is 4.38. The number of amides is 1. The van der Waals surface area contributed by atoms with Gasteiger partial charge in [-0.1, -0.05) is 11.6 Å². The molecule has 2 aromatic rings. The van der Waals surface area contributed by atoms with Gasteiger partial charge in [0.05, 0.1) is 22.3 Å². The van der Waals surface area contributed by atoms with E-state index in [4.69, 9.17) is 16.9 Å². The van der Waals surface area contributed by atoms with Gasteiger partial charge < -0.3 is 5.32 Å². The van der Waals surface area contributed by atoms with Crippen molar-refractivity contribution in [1.82, 2.24) is 0 Å². The lowest BCUT2D eigenvalue weighted by Crippen LogP contribution is -2.12. The Morgan fingerprint density at radius 1 is 1.30 bits per heavy atom. The highest BCUT2D eigenvalue weighted by molar-refractivity contribution is 9.10. The molecule has 1 amide bonds. The van der Waals surface area contributed by atoms with Gasteiger partial charge in [0.1, 0.15) is 5.82 Å². The average Bonchev–Trinajstić information content (AvgIpc) is 2.43. The van der Waals surface area contributed by atoms with E-state index in [0.29, 0.717) is 15.7 Å². The second-order valence-electron chi connectivity index (χ2n) is 3.89. The molecule has 0 bridgehead atoms. The van der Waals surface area contributed by atoms with Crippen molar-refractivity contribution in [3.63, 3.8) is 0 Å². The van der Waals surface area contributed by atoms with Crippen molar-refractivity contribution in [3.8, 4) is 6.07 Å². The Balaban J connectivity index is 2.23. The fourth-order valence-electron chi connectivity index (χ4n) is 1.52. The van der Waals surface area contributed by atoms with E-state index in [-0.39, 0.29) is 10.6 Å². The van der Waals surface area contributed by atoms with Gasteiger partial charge in [-0.3, -0.25) is 4.79 Å². The van der Waals surface area contributed by atoms with Gasteiger partial charge in [0.2, 0.25) is 0 Å². The fourth-order valence-corrected chi connectivity index (χ4v) is 2.18. The molecular weight excluding hydrogens is 347 g/mol. The summed E-state index contributed by atoms with van der Waals surface area (Å²) in [6, 6.07) is 10.5. The molecule has 100 valence electrons. The smallest absolute Gasteiger partial charge is 0.255 e. The number of hydrogen-bond donors (Lipinski definition) is 1. The SMILES string of the molecule is N#Cc1ccc(NC(=O)c2ccc(F)c(Cl)c2)c(Br)c1. The Hall–Kier alpha value is -1.90. The van der Waals surface area contributed by atoms with Crippen molar-refractivity contribution < 1.29 is 9.18 Å². The molecule has 20 heavy (non-hydrogen) atoms. The Labute approximate surface area is 128 Å². The molecule has 2 aromatic carbocycles. The monoisotopic (exact) mass is 352 g/mol. The van der Waals surface area contributed by atoms with Crippen LogP contribution in [0.3, 0.4) is 0 Å². The number of benzene rings is 2. The molecule has 3 nitrogen and oxygen atoms in total. The predicted octanol–water partition coefficient (Wildman–Crippen LogP) is 4.37. The molecule has 0 aliphatic heterocycles. The molecule has 0 aliphatic carbocycles. The Bertz CT molecular complexity index is 728. The number of rotatable bonds is 2. The number of nitrogens with zero attached hydrogens (tertiary/aromatic N) is 1. The molecule has 0 saturated carbocycles. The van der Waals surface area contributed by atoms with E-state index in [2.05, 4.69) is 21.2 Å². The van der Waals surface area contributed by atoms with E-state index in [0.717, 1.165) is 6.07 Å². The van der Waals surface area contributed by atoms with Gasteiger partial charge in [-0.05, 0) is 52.3 Å². The zero-order valence-electron chi connectivity index (χ0n) is 9.95. The number of carbonyl (C=O) groups is 1. The lowest BCUT2D eigenvalue weighted by molar-refractivity contribution is 0.102. The minimum absolute atomic E-state index is 0.114. The van der Waals surface area contributed by atoms with E-state index in [1.165, 1.54) is 12.1 Å². The van der Waals surface area contributed by atoms with Crippen molar-refractivity contribution in [3.05, 3.63) is 62.8 Å². The largest absolute Gasteiger partial charge is 0.321 e. The molecule has 0 aliphatic rings. The summed E-state index contributed by atoms with van der Waals surface area (Å²) >= 11 is 8.89. The second-order valence-corrected chi connectivity index (χ2v) is 5.15. The van der Waals surface area contributed by atoms with Crippen LogP contribution in [0.15, 0.2) is 40.9 Å². The van der Waals surface area contributed by atoms with Gasteiger partial charge in [0.15, 0.2) is 0 Å². The van der Waals surface area contributed by atoms with Gasteiger partial charge in [-0.15, -0.1) is 0 Å². The molecule has 0 atom stereocenters. The molecular formula is C14H7BrClFN2O. The zero-order chi connectivity index (χ0) is 14.7. The second kappa shape index (κ2) is 6.04. The van der Waals surface area contributed by atoms with Crippen LogP contribution < -0.4 is 5.32 Å². The molecule has 0 saturated heterocycles. The summed E-state index contributed by atoms with van der Waals surface area (Å²) in [5.41, 5.74) is 1.22. The van der Waals surface area contributed by atoms with Gasteiger partial charge in [-0.2, -0.15) is 5.26 Å². The van der Waals surface area contributed by atoms with E-state index < -0.39 is 11.7 Å². The Morgan fingerprint density at radius 3 is 2.65 bits per heavy atom. The van der Waals surface area contributed by atoms with Crippen molar-refractivity contribution in [2.24, 2.45) is 0 Å². The number of halogens is 3. The van der Waals surface area contributed by atoms with Crippen LogP contribution in [0.5, 0.6) is 0 Å². The first-order chi connectivity index (χ1) is 9.51. The van der Waals surface area contributed by atoms with Gasteiger partial charge >= 0.3 is 0 Å². The predicted molar refractivity (Wildman–Crippen MR) is 78.2 cm³/mol. The standard InChI is InChI=1S/C14H7BrClFN2O/c15-10-5-8(7-18)1-4-13(10)19-14(20)9-2-3-12(17)11(16)6-9/h1-6H,(H,19,20). The van der Waals surface area contributed by atoms with Crippen molar-refractivity contribution in [2.75, 3.05) is 5.32 Å². The quantitative estimate of drug-likeness (QED) is 0.872. The highest BCUT2D eigenvalue weighted by Crippen LogP contribution is 2.24. The van der Waals surface area contributed by atoms with Crippen molar-refractivity contribution in [1.29, 1.82) is 5.26 Å². The lowest BCUT2D eigenvalue weighted by atomic mass is 10.2. The molecule has 6 heteroatoms. The van der Waals surface area contributed by atoms with E-state index >= 15 is 0 Å². The number of nitriles is 1. The van der Waals surface area contributed by atoms with Crippen molar-refractivity contribution >= 4 is 39.1 Å². The maximum absolute atomic E-state index is 13.0.